The first kappa shape index (κ1) is 104. The summed E-state index contributed by atoms with van der Waals surface area (Å²) in [5.74, 6) is -31.0. The van der Waals surface area contributed by atoms with Crippen LogP contribution in [0, 0.1) is 5.92 Å². The number of nitrogens with one attached hydrogen (secondary N) is 15. The number of hydrogen-bond acceptors (Lipinski definition) is 26. The van der Waals surface area contributed by atoms with E-state index in [2.05, 4.69) is 70.4 Å². The average Bonchev–Trinajstić information content (AvgIpc) is 1.72. The van der Waals surface area contributed by atoms with Gasteiger partial charge in [0.05, 0.1) is 57.8 Å². The van der Waals surface area contributed by atoms with E-state index in [4.69, 9.17) is 21.9 Å². The standard InChI is InChI=1S/C83H110N18O27S/c1-5-6-7-8-9-10-11-26-63(105)93-53(30-44-36-88-51-23-16-13-19-46(44)51)77(121)96-54(32-62(86)104)78(122)98-57(35-69(114)115)79(123)101-71-43(4)128-83(127)58(31-60(103)48-21-12-15-22-49(48)84)99-82(126)70(41(2)28-66(108)109)100-80(124)59(39-102)94-65(107)37-89-74(118)55(33-67(110)111)95-72(116)42(3)91-76(120)56(34-68(112)113)97-75(119)52(92-64(106)38-90-81(71)125)24-18-27-87-73(117)50(85)29-45-40-129-61-25-17-14-20-47(45)61/h12-17,19-23,25,36,40-43,50,52-59,70-71,88,102H,5-11,18,24,26-35,37-39,84-85H2,1-4H3,(H2,86,104)(H,87,117)(H,89,118)(H,90,125)(H,91,120)(H,92,106)(H,93,105)(H,94,107)(H,95,116)(H,96,121)(H,97,119)(H,98,122)(H,99,126)(H,100,124)(H,101,123)(H,108,109)(H,110,111)(H,112,113)(H,114,115)/t41-,42-,43?,50+,52+,53+,54+,55+,56?,57+,58+,59-,70?,71?/m1/s1. The first-order valence-electron chi connectivity index (χ1n) is 41.4. The number of hydrogen-bond donors (Lipinski definition) is 23. The van der Waals surface area contributed by atoms with Crippen LogP contribution in [-0.2, 0) is 113 Å². The van der Waals surface area contributed by atoms with Crippen LogP contribution in [0.3, 0.4) is 0 Å². The smallest absolute Gasteiger partial charge is 0.329 e. The maximum Gasteiger partial charge on any atom is 0.329 e. The van der Waals surface area contributed by atoms with Crippen LogP contribution in [-0.4, -0.2) is 260 Å². The van der Waals surface area contributed by atoms with E-state index >= 15 is 9.59 Å². The first-order chi connectivity index (χ1) is 61.2. The van der Waals surface area contributed by atoms with E-state index in [1.165, 1.54) is 35.6 Å². The molecule has 1 aliphatic rings. The number of carboxylic acid groups (broad SMARTS) is 4. The Balaban J connectivity index is 1.43. The summed E-state index contributed by atoms with van der Waals surface area (Å²) in [7, 11) is 0. The van der Waals surface area contributed by atoms with Gasteiger partial charge in [-0.05, 0) is 91.6 Å². The molecule has 700 valence electrons. The number of benzene rings is 3. The number of aliphatic hydroxyl groups excluding tert-OH is 1. The predicted molar refractivity (Wildman–Crippen MR) is 458 cm³/mol. The molecule has 1 aliphatic heterocycles. The van der Waals surface area contributed by atoms with Crippen molar-refractivity contribution in [2.24, 2.45) is 17.4 Å². The molecule has 45 nitrogen and oxygen atoms in total. The topological polar surface area (TPSA) is 731 Å². The number of Topliss-reactive ketones (excluding diaryl/α,β-unsaturated/α-hetero) is 1. The second-order valence-corrected chi connectivity index (χ2v) is 31.7. The SMILES string of the molecule is CCCCCCCCCC(=O)N[C@@H](Cc1c[nH]c2ccccc12)C(=O)N[C@@H](CC(N)=O)C(=O)N[C@@H](CC(=O)O)C(=O)NC1C(=O)NCC(=O)N[C@@H](CCCNC(=O)[C@@H](N)Cc2csc3ccccc23)C(=O)NC(CC(=O)O)C(=O)N[C@H](C)C(=O)N[C@@H](CC(=O)O)C(=O)NCC(=O)N[C@H](CO)C(=O)NC([C@H](C)CC(=O)O)C(=O)N[C@@H](CC(=O)c2ccccc2N)C(=O)OC1C. The van der Waals surface area contributed by atoms with Gasteiger partial charge in [0.1, 0.15) is 72.6 Å². The second-order valence-electron chi connectivity index (χ2n) is 30.8. The molecule has 0 saturated carbocycles. The molecular weight excluding hydrogens is 1710 g/mol. The molecule has 2 aromatic heterocycles. The summed E-state index contributed by atoms with van der Waals surface area (Å²) >= 11 is 1.41. The van der Waals surface area contributed by atoms with E-state index in [-0.39, 0.29) is 43.5 Å². The number of fused-ring (bicyclic) bond motifs is 2. The number of rotatable bonds is 39. The highest BCUT2D eigenvalue weighted by molar-refractivity contribution is 7.17. The van der Waals surface area contributed by atoms with Gasteiger partial charge in [-0.25, -0.2) is 4.79 Å². The minimum atomic E-state index is -2.50. The normalized spacial score (nSPS) is 20.4. The van der Waals surface area contributed by atoms with Crippen molar-refractivity contribution in [1.29, 1.82) is 0 Å². The Morgan fingerprint density at radius 2 is 1.09 bits per heavy atom. The molecule has 3 heterocycles. The molecule has 4 unspecified atom stereocenters. The molecular formula is C83H110N18O27S. The number of esters is 1. The number of carboxylic acids is 4. The quantitative estimate of drug-likeness (QED) is 0.00780. The Morgan fingerprint density at radius 3 is 1.73 bits per heavy atom. The van der Waals surface area contributed by atoms with Crippen LogP contribution in [0.2, 0.25) is 0 Å². The van der Waals surface area contributed by atoms with E-state index in [1.54, 1.807) is 36.5 Å². The van der Waals surface area contributed by atoms with Crippen LogP contribution >= 0.6 is 11.3 Å². The van der Waals surface area contributed by atoms with Crippen molar-refractivity contribution in [3.63, 3.8) is 0 Å². The Hall–Kier alpha value is -14.0. The van der Waals surface area contributed by atoms with Crippen LogP contribution < -0.4 is 91.6 Å². The summed E-state index contributed by atoms with van der Waals surface area (Å²) in [6.07, 6.45) is -2.91. The second kappa shape index (κ2) is 51.5. The Kier molecular flexibility index (Phi) is 41.4. The molecule has 0 spiro atoms. The lowest BCUT2D eigenvalue weighted by Crippen LogP contribution is -2.62. The molecule has 0 bridgehead atoms. The number of anilines is 1. The van der Waals surface area contributed by atoms with Gasteiger partial charge in [0, 0.05) is 58.9 Å². The van der Waals surface area contributed by atoms with Crippen molar-refractivity contribution >= 4 is 162 Å². The molecule has 0 radical (unpaired) electrons. The number of aliphatic carboxylic acids is 4. The number of aliphatic hydroxyl groups is 1. The molecule has 46 heteroatoms. The zero-order chi connectivity index (χ0) is 95.3. The van der Waals surface area contributed by atoms with Crippen molar-refractivity contribution in [3.8, 4) is 0 Å². The third-order valence-corrected chi connectivity index (χ3v) is 21.5. The van der Waals surface area contributed by atoms with Gasteiger partial charge in [-0.1, -0.05) is 101 Å². The highest BCUT2D eigenvalue weighted by atomic mass is 32.1. The Morgan fingerprint density at radius 1 is 0.535 bits per heavy atom. The number of ether oxygens (including phenoxy) is 1. The number of aromatic nitrogens is 1. The molecule has 1 saturated heterocycles. The fourth-order valence-electron chi connectivity index (χ4n) is 13.6. The number of carbonyl (C=O) groups excluding carboxylic acids is 17. The van der Waals surface area contributed by atoms with E-state index < -0.39 is 273 Å². The summed E-state index contributed by atoms with van der Waals surface area (Å²) in [6, 6.07) is -4.96. The van der Waals surface area contributed by atoms with Crippen LogP contribution in [0.25, 0.3) is 21.0 Å². The van der Waals surface area contributed by atoms with Crippen LogP contribution in [0.4, 0.5) is 5.69 Å². The van der Waals surface area contributed by atoms with Crippen molar-refractivity contribution in [3.05, 3.63) is 101 Å². The summed E-state index contributed by atoms with van der Waals surface area (Å²) < 4.78 is 6.65. The Labute approximate surface area is 741 Å². The lowest BCUT2D eigenvalue weighted by Gasteiger charge is -2.30. The van der Waals surface area contributed by atoms with Gasteiger partial charge in [0.25, 0.3) is 0 Å². The minimum Gasteiger partial charge on any atom is -0.481 e. The van der Waals surface area contributed by atoms with Crippen LogP contribution in [0.15, 0.2) is 84.4 Å². The number of nitrogens with two attached hydrogens (primary N) is 3. The highest BCUT2D eigenvalue weighted by Gasteiger charge is 2.41. The molecule has 129 heavy (non-hydrogen) atoms. The number of ketones is 1. The number of H-pyrrole nitrogens is 1. The van der Waals surface area contributed by atoms with Gasteiger partial charge in [0.15, 0.2) is 5.78 Å². The number of cyclic esters (lactones) is 1. The molecule has 14 atom stereocenters. The number of para-hydroxylation sites is 2. The van der Waals surface area contributed by atoms with Crippen LogP contribution in [0.5, 0.6) is 0 Å². The van der Waals surface area contributed by atoms with E-state index in [1.807, 2.05) is 39.5 Å². The molecule has 26 N–H and O–H groups in total. The van der Waals surface area contributed by atoms with E-state index in [0.717, 1.165) is 68.5 Å². The molecule has 15 amide bonds. The molecule has 5 aromatic rings. The van der Waals surface area contributed by atoms with E-state index in [0.29, 0.717) is 29.3 Å². The maximum atomic E-state index is 15.0. The van der Waals surface area contributed by atoms with Gasteiger partial charge < -0.3 is 127 Å². The molecule has 1 fully saturated rings. The fraction of sp³-hybridized carbons (Fsp3) is 0.482. The van der Waals surface area contributed by atoms with Crippen LogP contribution in [0.1, 0.15) is 152 Å². The number of primary amides is 1. The van der Waals surface area contributed by atoms with Crippen molar-refractivity contribution < 1.29 is 131 Å². The number of thiophene rings is 1. The van der Waals surface area contributed by atoms with Crippen molar-refractivity contribution in [2.45, 2.75) is 222 Å². The average molecular weight is 1820 g/mol. The monoisotopic (exact) mass is 1820 g/mol. The lowest BCUT2D eigenvalue weighted by atomic mass is 9.96. The molecule has 0 aliphatic carbocycles. The van der Waals surface area contributed by atoms with Gasteiger partial charge in [0.2, 0.25) is 88.6 Å². The zero-order valence-electron chi connectivity index (χ0n) is 71.1. The number of carbonyl (C=O) groups is 21. The summed E-state index contributed by atoms with van der Waals surface area (Å²) in [6.45, 7) is 0.847. The molecule has 3 aromatic carbocycles. The Bertz CT molecular complexity index is 4920. The summed E-state index contributed by atoms with van der Waals surface area (Å²) in [5, 5.41) is 84.7. The van der Waals surface area contributed by atoms with Gasteiger partial charge in [-0.3, -0.25) is 95.9 Å². The highest BCUT2D eigenvalue weighted by Crippen LogP contribution is 2.27. The third kappa shape index (κ3) is 34.0. The fourth-order valence-corrected chi connectivity index (χ4v) is 14.6. The van der Waals surface area contributed by atoms with Crippen molar-refractivity contribution in [2.75, 3.05) is 32.0 Å². The summed E-state index contributed by atoms with van der Waals surface area (Å²) in [5.41, 5.74) is 19.5. The van der Waals surface area contributed by atoms with Gasteiger partial charge in [-0.2, -0.15) is 0 Å². The van der Waals surface area contributed by atoms with Gasteiger partial charge in [-0.15, -0.1) is 11.3 Å². The number of aromatic amines is 1. The summed E-state index contributed by atoms with van der Waals surface area (Å²) in [4.78, 5) is 294. The maximum absolute atomic E-state index is 15.0. The lowest BCUT2D eigenvalue weighted by molar-refractivity contribution is -0.156. The largest absolute Gasteiger partial charge is 0.481 e. The number of nitrogen functional groups attached to an aromatic ring is 1. The number of amides is 15. The van der Waals surface area contributed by atoms with Crippen molar-refractivity contribution in [1.82, 2.24) is 79.4 Å². The first-order valence-corrected chi connectivity index (χ1v) is 42.3. The molecule has 6 rings (SSSR count). The van der Waals surface area contributed by atoms with Gasteiger partial charge >= 0.3 is 29.8 Å². The minimum absolute atomic E-state index is 0.0322. The zero-order valence-corrected chi connectivity index (χ0v) is 71.9. The third-order valence-electron chi connectivity index (χ3n) is 20.5. The van der Waals surface area contributed by atoms with E-state index in [9.17, 15) is 117 Å². The predicted octanol–water partition coefficient (Wildman–Crippen LogP) is -3.68. The number of unbranched alkanes of at least 4 members (excludes halogenated alkanes) is 6.